The molecule has 0 fully saturated rings. The highest BCUT2D eigenvalue weighted by molar-refractivity contribution is 5.88. The van der Waals surface area contributed by atoms with Crippen molar-refractivity contribution in [1.82, 2.24) is 9.97 Å². The minimum Gasteiger partial charge on any atom is -0.478 e. The minimum absolute atomic E-state index is 0.0785. The van der Waals surface area contributed by atoms with E-state index in [2.05, 4.69) is 15.3 Å². The van der Waals surface area contributed by atoms with Crippen LogP contribution in [0, 0.1) is 12.7 Å². The first-order valence-corrected chi connectivity index (χ1v) is 8.25. The number of H-pyrrole nitrogens is 1. The molecule has 132 valence electrons. The Morgan fingerprint density at radius 1 is 1.35 bits per heavy atom. The summed E-state index contributed by atoms with van der Waals surface area (Å²) >= 11 is 0. The molecule has 0 saturated heterocycles. The molecule has 0 spiro atoms. The SMILES string of the molecule is Cc1nc2cc3c(cc2c(=O)[nH]1)C(Nc1ccc(C(=O)O)c(F)c1)CC3. The van der Waals surface area contributed by atoms with E-state index < -0.39 is 11.8 Å². The first-order chi connectivity index (χ1) is 12.4. The Bertz CT molecular complexity index is 1110. The van der Waals surface area contributed by atoms with Crippen molar-refractivity contribution in [3.05, 3.63) is 69.0 Å². The lowest BCUT2D eigenvalue weighted by atomic mass is 10.0. The van der Waals surface area contributed by atoms with Gasteiger partial charge in [0.2, 0.25) is 0 Å². The van der Waals surface area contributed by atoms with Gasteiger partial charge < -0.3 is 15.4 Å². The van der Waals surface area contributed by atoms with Gasteiger partial charge in [0.05, 0.1) is 22.5 Å². The summed E-state index contributed by atoms with van der Waals surface area (Å²) in [6.45, 7) is 1.74. The van der Waals surface area contributed by atoms with Crippen LogP contribution in [0.2, 0.25) is 0 Å². The van der Waals surface area contributed by atoms with Crippen LogP contribution < -0.4 is 10.9 Å². The molecule has 0 bridgehead atoms. The van der Waals surface area contributed by atoms with Crippen LogP contribution in [0.25, 0.3) is 10.9 Å². The quantitative estimate of drug-likeness (QED) is 0.672. The maximum atomic E-state index is 13.9. The molecule has 7 heteroatoms. The van der Waals surface area contributed by atoms with Gasteiger partial charge in [-0.15, -0.1) is 0 Å². The number of benzene rings is 2. The van der Waals surface area contributed by atoms with E-state index in [4.69, 9.17) is 5.11 Å². The van der Waals surface area contributed by atoms with Gasteiger partial charge in [0.15, 0.2) is 0 Å². The van der Waals surface area contributed by atoms with Crippen molar-refractivity contribution in [3.8, 4) is 0 Å². The standard InChI is InChI=1S/C19H16FN3O3/c1-9-21-17-6-10-2-5-16(13(10)8-14(17)18(24)22-9)23-11-3-4-12(19(25)26)15(20)7-11/h3-4,6-8,16,23H,2,5H2,1H3,(H,25,26)(H,21,22,24). The van der Waals surface area contributed by atoms with Gasteiger partial charge in [0, 0.05) is 5.69 Å². The molecule has 6 nitrogen and oxygen atoms in total. The molecule has 1 aliphatic carbocycles. The van der Waals surface area contributed by atoms with Gasteiger partial charge in [0.1, 0.15) is 11.6 Å². The Balaban J connectivity index is 1.70. The van der Waals surface area contributed by atoms with E-state index in [9.17, 15) is 14.0 Å². The molecule has 1 atom stereocenters. The van der Waals surface area contributed by atoms with Gasteiger partial charge >= 0.3 is 5.97 Å². The molecule has 0 saturated carbocycles. The van der Waals surface area contributed by atoms with E-state index in [-0.39, 0.29) is 17.2 Å². The molecule has 1 aromatic heterocycles. The van der Waals surface area contributed by atoms with Crippen LogP contribution in [0.4, 0.5) is 10.1 Å². The Morgan fingerprint density at radius 2 is 2.15 bits per heavy atom. The van der Waals surface area contributed by atoms with Crippen LogP contribution in [0.5, 0.6) is 0 Å². The van der Waals surface area contributed by atoms with E-state index in [0.29, 0.717) is 22.4 Å². The summed E-state index contributed by atoms with van der Waals surface area (Å²) < 4.78 is 13.9. The monoisotopic (exact) mass is 353 g/mol. The number of rotatable bonds is 3. The number of nitrogens with one attached hydrogen (secondary N) is 2. The second-order valence-corrected chi connectivity index (χ2v) is 6.45. The molecule has 0 radical (unpaired) electrons. The van der Waals surface area contributed by atoms with Crippen molar-refractivity contribution in [2.75, 3.05) is 5.32 Å². The predicted octanol–water partition coefficient (Wildman–Crippen LogP) is 3.17. The van der Waals surface area contributed by atoms with Gasteiger partial charge in [-0.25, -0.2) is 14.2 Å². The summed E-state index contributed by atoms with van der Waals surface area (Å²) in [6.07, 6.45) is 1.62. The molecular weight excluding hydrogens is 337 g/mol. The number of nitrogens with zero attached hydrogens (tertiary/aromatic N) is 1. The Kier molecular flexibility index (Phi) is 3.72. The molecule has 4 rings (SSSR count). The number of aryl methyl sites for hydroxylation is 2. The molecular formula is C19H16FN3O3. The smallest absolute Gasteiger partial charge is 0.338 e. The Morgan fingerprint density at radius 3 is 2.88 bits per heavy atom. The number of anilines is 1. The van der Waals surface area contributed by atoms with Crippen LogP contribution in [-0.4, -0.2) is 21.0 Å². The van der Waals surface area contributed by atoms with Crippen LogP contribution in [-0.2, 0) is 6.42 Å². The fourth-order valence-corrected chi connectivity index (χ4v) is 3.49. The maximum Gasteiger partial charge on any atom is 0.338 e. The third-order valence-electron chi connectivity index (χ3n) is 4.70. The van der Waals surface area contributed by atoms with Crippen molar-refractivity contribution in [2.45, 2.75) is 25.8 Å². The molecule has 26 heavy (non-hydrogen) atoms. The number of hydrogen-bond acceptors (Lipinski definition) is 4. The molecule has 2 aromatic carbocycles. The number of hydrogen-bond donors (Lipinski definition) is 3. The number of aromatic amines is 1. The molecule has 0 aliphatic heterocycles. The number of fused-ring (bicyclic) bond motifs is 2. The van der Waals surface area contributed by atoms with Crippen molar-refractivity contribution in [2.24, 2.45) is 0 Å². The number of carbonyl (C=O) groups is 1. The number of carboxylic acids is 1. The lowest BCUT2D eigenvalue weighted by Gasteiger charge is -2.16. The molecule has 3 aromatic rings. The number of aromatic nitrogens is 2. The van der Waals surface area contributed by atoms with E-state index in [1.165, 1.54) is 12.1 Å². The molecule has 0 amide bonds. The summed E-state index contributed by atoms with van der Waals surface area (Å²) in [5.41, 5.74) is 2.72. The average molecular weight is 353 g/mol. The third-order valence-corrected chi connectivity index (χ3v) is 4.70. The fraction of sp³-hybridized carbons (Fsp3) is 0.211. The lowest BCUT2D eigenvalue weighted by molar-refractivity contribution is 0.0692. The highest BCUT2D eigenvalue weighted by atomic mass is 19.1. The maximum absolute atomic E-state index is 13.9. The highest BCUT2D eigenvalue weighted by Gasteiger charge is 2.24. The van der Waals surface area contributed by atoms with E-state index >= 15 is 0 Å². The zero-order valence-electron chi connectivity index (χ0n) is 14.0. The summed E-state index contributed by atoms with van der Waals surface area (Å²) in [5, 5.41) is 12.7. The van der Waals surface area contributed by atoms with E-state index in [1.807, 2.05) is 12.1 Å². The zero-order chi connectivity index (χ0) is 18.4. The molecule has 3 N–H and O–H groups in total. The first kappa shape index (κ1) is 16.3. The molecule has 1 unspecified atom stereocenters. The van der Waals surface area contributed by atoms with Gasteiger partial charge in [0.25, 0.3) is 5.56 Å². The normalized spacial score (nSPS) is 15.8. The summed E-state index contributed by atoms with van der Waals surface area (Å²) in [5.74, 6) is -1.51. The van der Waals surface area contributed by atoms with Gasteiger partial charge in [-0.3, -0.25) is 4.79 Å². The Labute approximate surface area is 147 Å². The topological polar surface area (TPSA) is 95.1 Å². The Hall–Kier alpha value is -3.22. The highest BCUT2D eigenvalue weighted by Crippen LogP contribution is 2.35. The van der Waals surface area contributed by atoms with Crippen molar-refractivity contribution in [1.29, 1.82) is 0 Å². The minimum atomic E-state index is -1.30. The largest absolute Gasteiger partial charge is 0.478 e. The van der Waals surface area contributed by atoms with Gasteiger partial charge in [-0.2, -0.15) is 0 Å². The van der Waals surface area contributed by atoms with Crippen LogP contribution in [0.15, 0.2) is 35.1 Å². The number of halogens is 1. The van der Waals surface area contributed by atoms with Gasteiger partial charge in [-0.05, 0) is 61.2 Å². The van der Waals surface area contributed by atoms with Gasteiger partial charge in [-0.1, -0.05) is 0 Å². The number of carboxylic acid groups (broad SMARTS) is 1. The number of aromatic carboxylic acids is 1. The summed E-state index contributed by atoms with van der Waals surface area (Å²) in [6, 6.07) is 7.66. The second kappa shape index (κ2) is 5.94. The van der Waals surface area contributed by atoms with Crippen LogP contribution in [0.1, 0.15) is 39.8 Å². The van der Waals surface area contributed by atoms with Crippen LogP contribution >= 0.6 is 0 Å². The van der Waals surface area contributed by atoms with Crippen LogP contribution in [0.3, 0.4) is 0 Å². The van der Waals surface area contributed by atoms with Crippen molar-refractivity contribution < 1.29 is 14.3 Å². The molecule has 1 heterocycles. The predicted molar refractivity (Wildman–Crippen MR) is 95.1 cm³/mol. The summed E-state index contributed by atoms with van der Waals surface area (Å²) in [7, 11) is 0. The molecule has 1 aliphatic rings. The third kappa shape index (κ3) is 2.71. The average Bonchev–Trinajstić information content (AvgIpc) is 2.95. The fourth-order valence-electron chi connectivity index (χ4n) is 3.49. The lowest BCUT2D eigenvalue weighted by Crippen LogP contribution is -2.12. The summed E-state index contributed by atoms with van der Waals surface area (Å²) in [4.78, 5) is 30.2. The first-order valence-electron chi connectivity index (χ1n) is 8.25. The van der Waals surface area contributed by atoms with E-state index in [0.717, 1.165) is 24.0 Å². The van der Waals surface area contributed by atoms with Crippen molar-refractivity contribution >= 4 is 22.6 Å². The second-order valence-electron chi connectivity index (χ2n) is 6.45. The van der Waals surface area contributed by atoms with E-state index in [1.54, 1.807) is 13.0 Å². The van der Waals surface area contributed by atoms with Crippen molar-refractivity contribution in [3.63, 3.8) is 0 Å². The zero-order valence-corrected chi connectivity index (χ0v) is 14.0.